The molecule has 2 heterocycles. The van der Waals surface area contributed by atoms with Gasteiger partial charge < -0.3 is 26.0 Å². The van der Waals surface area contributed by atoms with Gasteiger partial charge in [-0.15, -0.1) is 0 Å². The zero-order valence-electron chi connectivity index (χ0n) is 22.7. The molecule has 2 amide bonds. The molecule has 0 unspecified atom stereocenters. The molecule has 1 aromatic heterocycles. The number of nitrogens with zero attached hydrogens (tertiary/aromatic N) is 2. The lowest BCUT2D eigenvalue weighted by Gasteiger charge is -2.39. The van der Waals surface area contributed by atoms with Crippen LogP contribution in [0.4, 0.5) is 23.2 Å². The maximum atomic E-state index is 14.8. The summed E-state index contributed by atoms with van der Waals surface area (Å²) in [5.41, 5.74) is -4.42. The quantitative estimate of drug-likeness (QED) is 0.159. The number of fused-ring (bicyclic) bond motifs is 1. The smallest absolute Gasteiger partial charge is 0.389 e. The Morgan fingerprint density at radius 3 is 2.48 bits per heavy atom. The number of alkyl halides is 4. The molecule has 15 heteroatoms. The summed E-state index contributed by atoms with van der Waals surface area (Å²) >= 11 is 11.9. The number of aliphatic hydroxyl groups is 1. The van der Waals surface area contributed by atoms with Crippen molar-refractivity contribution in [2.45, 2.75) is 62.6 Å². The number of likely N-dealkylation sites (tertiary alicyclic amines) is 1. The molecule has 2 aromatic rings. The van der Waals surface area contributed by atoms with Crippen molar-refractivity contribution in [3.63, 3.8) is 0 Å². The number of halogens is 6. The number of aromatic nitrogens is 1. The molecule has 1 aliphatic carbocycles. The number of hydrogen-bond acceptors (Lipinski definition) is 7. The molecule has 228 valence electrons. The first kappa shape index (κ1) is 31.8. The van der Waals surface area contributed by atoms with Gasteiger partial charge in [-0.05, 0) is 57.4 Å². The van der Waals surface area contributed by atoms with E-state index in [0.717, 1.165) is 6.07 Å². The SMILES string of the molecule is CC(C)(O)CN/C=C(\C(=N)Cl)C(=O)N[C@H]1C[C@@H](Nc2cc(C(F)(F)F)nc3ccc(Cl)cc23)CN(C(=O)C2(F)CC2)C1. The summed E-state index contributed by atoms with van der Waals surface area (Å²) in [4.78, 5) is 31.0. The molecule has 1 saturated carbocycles. The Bertz CT molecular complexity index is 1430. The lowest BCUT2D eigenvalue weighted by Crippen LogP contribution is -2.58. The summed E-state index contributed by atoms with van der Waals surface area (Å²) in [6.45, 7) is 3.02. The molecule has 4 rings (SSSR count). The highest BCUT2D eigenvalue weighted by Gasteiger charge is 2.53. The monoisotopic (exact) mass is 632 g/mol. The van der Waals surface area contributed by atoms with Crippen molar-refractivity contribution in [2.75, 3.05) is 25.0 Å². The first-order chi connectivity index (χ1) is 19.4. The van der Waals surface area contributed by atoms with Gasteiger partial charge in [0.25, 0.3) is 11.8 Å². The number of pyridine rings is 1. The summed E-state index contributed by atoms with van der Waals surface area (Å²) in [7, 11) is 0. The predicted molar refractivity (Wildman–Crippen MR) is 151 cm³/mol. The molecule has 5 N–H and O–H groups in total. The van der Waals surface area contributed by atoms with Gasteiger partial charge in [0.1, 0.15) is 10.9 Å². The summed E-state index contributed by atoms with van der Waals surface area (Å²) < 4.78 is 55.7. The fourth-order valence-electron chi connectivity index (χ4n) is 4.66. The number of nitrogens with one attached hydrogen (secondary N) is 4. The van der Waals surface area contributed by atoms with Crippen LogP contribution in [-0.2, 0) is 15.8 Å². The maximum Gasteiger partial charge on any atom is 0.433 e. The third kappa shape index (κ3) is 7.81. The normalized spacial score (nSPS) is 20.7. The number of rotatable bonds is 9. The van der Waals surface area contributed by atoms with E-state index in [1.54, 1.807) is 0 Å². The van der Waals surface area contributed by atoms with Gasteiger partial charge in [-0.2, -0.15) is 13.2 Å². The first-order valence-corrected chi connectivity index (χ1v) is 13.8. The van der Waals surface area contributed by atoms with Crippen molar-refractivity contribution in [3.05, 3.63) is 46.8 Å². The number of carbonyl (C=O) groups excluding carboxylic acids is 2. The number of amides is 2. The van der Waals surface area contributed by atoms with Gasteiger partial charge in [0, 0.05) is 54.0 Å². The second-order valence-corrected chi connectivity index (χ2v) is 12.0. The third-order valence-corrected chi connectivity index (χ3v) is 7.27. The van der Waals surface area contributed by atoms with E-state index >= 15 is 0 Å². The second kappa shape index (κ2) is 11.8. The molecule has 9 nitrogen and oxygen atoms in total. The highest BCUT2D eigenvalue weighted by molar-refractivity contribution is 6.71. The van der Waals surface area contributed by atoms with Crippen LogP contribution in [0.2, 0.25) is 5.02 Å². The third-order valence-electron chi connectivity index (χ3n) is 6.83. The zero-order chi connectivity index (χ0) is 31.0. The van der Waals surface area contributed by atoms with Crippen LogP contribution >= 0.6 is 23.2 Å². The standard InChI is InChI=1S/C27H30Cl2F4N6O3/c1-25(2,42)13-35-10-18(22(29)34)23(40)37-16-8-15(11-39(12-16)24(41)26(30)5-6-26)36-20-9-21(27(31,32)33)38-19-4-3-14(28)7-17(19)20/h3-4,7,9-10,15-16,34-35,42H,5-6,8,11-13H2,1-2H3,(H,36,38)(H,37,40)/b18-10+,34-22?/t15-,16+/m1/s1. The van der Waals surface area contributed by atoms with Crippen LogP contribution in [0.25, 0.3) is 10.9 Å². The van der Waals surface area contributed by atoms with Gasteiger partial charge in [-0.25, -0.2) is 9.37 Å². The average Bonchev–Trinajstić information content (AvgIpc) is 3.63. The van der Waals surface area contributed by atoms with Gasteiger partial charge in [-0.3, -0.25) is 15.0 Å². The molecule has 2 aliphatic rings. The summed E-state index contributed by atoms with van der Waals surface area (Å²) in [5.74, 6) is -1.53. The summed E-state index contributed by atoms with van der Waals surface area (Å²) in [6, 6.07) is 3.59. The van der Waals surface area contributed by atoms with E-state index in [2.05, 4.69) is 20.9 Å². The predicted octanol–water partition coefficient (Wildman–Crippen LogP) is 4.37. The highest BCUT2D eigenvalue weighted by atomic mass is 35.5. The average molecular weight is 633 g/mol. The maximum absolute atomic E-state index is 14.8. The first-order valence-electron chi connectivity index (χ1n) is 13.1. The van der Waals surface area contributed by atoms with Crippen molar-refractivity contribution in [1.82, 2.24) is 20.5 Å². The van der Waals surface area contributed by atoms with Crippen LogP contribution in [0.5, 0.6) is 0 Å². The van der Waals surface area contributed by atoms with E-state index in [4.69, 9.17) is 28.6 Å². The molecular formula is C27H30Cl2F4N6O3. The van der Waals surface area contributed by atoms with Crippen molar-refractivity contribution in [1.29, 1.82) is 5.41 Å². The van der Waals surface area contributed by atoms with Crippen molar-refractivity contribution in [2.24, 2.45) is 0 Å². The van der Waals surface area contributed by atoms with Crippen LogP contribution in [0.3, 0.4) is 0 Å². The van der Waals surface area contributed by atoms with Crippen LogP contribution < -0.4 is 16.0 Å². The molecule has 1 saturated heterocycles. The van der Waals surface area contributed by atoms with Gasteiger partial charge >= 0.3 is 6.18 Å². The van der Waals surface area contributed by atoms with E-state index in [9.17, 15) is 32.3 Å². The van der Waals surface area contributed by atoms with Gasteiger partial charge in [0.05, 0.1) is 16.7 Å². The van der Waals surface area contributed by atoms with E-state index in [-0.39, 0.29) is 60.7 Å². The van der Waals surface area contributed by atoms with Gasteiger partial charge in [-0.1, -0.05) is 23.2 Å². The number of benzene rings is 1. The molecule has 2 atom stereocenters. The minimum Gasteiger partial charge on any atom is -0.389 e. The molecule has 2 fully saturated rings. The van der Waals surface area contributed by atoms with E-state index in [1.165, 1.54) is 43.1 Å². The molecule has 42 heavy (non-hydrogen) atoms. The van der Waals surface area contributed by atoms with Crippen molar-refractivity contribution >= 4 is 56.8 Å². The fraction of sp³-hybridized carbons (Fsp3) is 0.481. The topological polar surface area (TPSA) is 130 Å². The minimum absolute atomic E-state index is 0.0379. The van der Waals surface area contributed by atoms with Crippen LogP contribution in [-0.4, -0.2) is 75.0 Å². The van der Waals surface area contributed by atoms with Crippen LogP contribution in [0, 0.1) is 5.41 Å². The second-order valence-electron chi connectivity index (χ2n) is 11.2. The Balaban J connectivity index is 1.61. The lowest BCUT2D eigenvalue weighted by atomic mass is 9.98. The zero-order valence-corrected chi connectivity index (χ0v) is 24.2. The Kier molecular flexibility index (Phi) is 8.96. The van der Waals surface area contributed by atoms with Gasteiger partial charge in [0.15, 0.2) is 5.67 Å². The number of hydrogen-bond donors (Lipinski definition) is 5. The molecule has 0 radical (unpaired) electrons. The minimum atomic E-state index is -4.74. The van der Waals surface area contributed by atoms with Gasteiger partial charge in [0.2, 0.25) is 0 Å². The highest BCUT2D eigenvalue weighted by Crippen LogP contribution is 2.42. The van der Waals surface area contributed by atoms with Crippen molar-refractivity contribution in [3.8, 4) is 0 Å². The molecule has 1 aliphatic heterocycles. The molecule has 0 spiro atoms. The van der Waals surface area contributed by atoms with Crippen LogP contribution in [0.15, 0.2) is 36.0 Å². The molecular weight excluding hydrogens is 603 g/mol. The lowest BCUT2D eigenvalue weighted by molar-refractivity contribution is -0.141. The van der Waals surface area contributed by atoms with Crippen molar-refractivity contribution < 1.29 is 32.3 Å². The summed E-state index contributed by atoms with van der Waals surface area (Å²) in [6.07, 6.45) is -3.31. The fourth-order valence-corrected chi connectivity index (χ4v) is 4.97. The van der Waals surface area contributed by atoms with E-state index < -0.39 is 52.2 Å². The molecule has 0 bridgehead atoms. The van der Waals surface area contributed by atoms with E-state index in [1.807, 2.05) is 0 Å². The number of piperidine rings is 1. The Morgan fingerprint density at radius 1 is 1.21 bits per heavy atom. The van der Waals surface area contributed by atoms with E-state index in [0.29, 0.717) is 5.39 Å². The molecule has 1 aromatic carbocycles. The Hall–Kier alpha value is -3.16. The summed E-state index contributed by atoms with van der Waals surface area (Å²) in [5, 5.41) is 26.1. The Morgan fingerprint density at radius 2 is 1.88 bits per heavy atom. The van der Waals surface area contributed by atoms with Crippen LogP contribution in [0.1, 0.15) is 38.8 Å². The Labute approximate surface area is 249 Å². The number of carbonyl (C=O) groups is 2. The number of anilines is 1. The largest absolute Gasteiger partial charge is 0.433 e.